The summed E-state index contributed by atoms with van der Waals surface area (Å²) in [5.41, 5.74) is 8.94. The predicted octanol–water partition coefficient (Wildman–Crippen LogP) is 3.73. The van der Waals surface area contributed by atoms with Crippen LogP contribution in [0.2, 0.25) is 0 Å². The highest BCUT2D eigenvalue weighted by Gasteiger charge is 2.18. The lowest BCUT2D eigenvalue weighted by Gasteiger charge is -2.19. The van der Waals surface area contributed by atoms with E-state index in [-0.39, 0.29) is 0 Å². The molecule has 0 radical (unpaired) electrons. The van der Waals surface area contributed by atoms with Crippen LogP contribution >= 0.6 is 0 Å². The van der Waals surface area contributed by atoms with Crippen molar-refractivity contribution in [2.45, 2.75) is 13.3 Å². The highest BCUT2D eigenvalue weighted by atomic mass is 16.5. The summed E-state index contributed by atoms with van der Waals surface area (Å²) in [7, 11) is 3.41. The third-order valence-corrected chi connectivity index (χ3v) is 4.12. The lowest BCUT2D eigenvalue weighted by Crippen LogP contribution is -2.02. The van der Waals surface area contributed by atoms with E-state index in [2.05, 4.69) is 24.0 Å². The molecule has 0 aliphatic rings. The van der Waals surface area contributed by atoms with E-state index in [1.165, 1.54) is 0 Å². The first kappa shape index (κ1) is 15.2. The molecule has 3 aromatic rings. The van der Waals surface area contributed by atoms with Crippen LogP contribution in [0.5, 0.6) is 11.5 Å². The van der Waals surface area contributed by atoms with Crippen molar-refractivity contribution in [1.29, 1.82) is 0 Å². The summed E-state index contributed by atoms with van der Waals surface area (Å²) in [5, 5.41) is 2.11. The third kappa shape index (κ3) is 2.68. The molecule has 0 unspecified atom stereocenters. The Hall–Kier alpha value is -2.75. The first-order valence-electron chi connectivity index (χ1n) is 7.48. The van der Waals surface area contributed by atoms with Gasteiger partial charge in [0.2, 0.25) is 0 Å². The van der Waals surface area contributed by atoms with E-state index in [4.69, 9.17) is 15.2 Å². The van der Waals surface area contributed by atoms with Gasteiger partial charge in [-0.25, -0.2) is 4.98 Å². The van der Waals surface area contributed by atoms with Gasteiger partial charge < -0.3 is 15.2 Å². The van der Waals surface area contributed by atoms with Gasteiger partial charge in [-0.1, -0.05) is 30.3 Å². The number of fused-ring (bicyclic) bond motifs is 1. The second-order valence-corrected chi connectivity index (χ2v) is 5.48. The highest BCUT2D eigenvalue weighted by molar-refractivity contribution is 5.96. The number of hydrogen-bond donors (Lipinski definition) is 1. The van der Waals surface area contributed by atoms with E-state index < -0.39 is 0 Å². The van der Waals surface area contributed by atoms with Crippen molar-refractivity contribution in [3.05, 3.63) is 59.3 Å². The molecule has 0 aliphatic carbocycles. The van der Waals surface area contributed by atoms with Crippen molar-refractivity contribution in [1.82, 2.24) is 4.98 Å². The van der Waals surface area contributed by atoms with Crippen LogP contribution < -0.4 is 15.2 Å². The van der Waals surface area contributed by atoms with Gasteiger partial charge in [0.05, 0.1) is 14.2 Å². The monoisotopic (exact) mass is 308 g/mol. The number of nitrogens with zero attached hydrogens (tertiary/aromatic N) is 1. The quantitative estimate of drug-likeness (QED) is 0.798. The Bertz CT molecular complexity index is 842. The SMILES string of the molecule is COc1c(C)c(Cc2ccc(N)nc2)c(OC)c2ccccc12. The molecule has 1 heterocycles. The standard InChI is InChI=1S/C19H20N2O2/c1-12-16(10-13-8-9-17(20)21-11-13)19(23-3)15-7-5-4-6-14(15)18(12)22-2/h4-9,11H,10H2,1-3H3,(H2,20,21). The average molecular weight is 308 g/mol. The molecule has 0 bridgehead atoms. The molecule has 0 aliphatic heterocycles. The van der Waals surface area contributed by atoms with Crippen molar-refractivity contribution in [2.24, 2.45) is 0 Å². The number of hydrogen-bond acceptors (Lipinski definition) is 4. The Labute approximate surface area is 135 Å². The van der Waals surface area contributed by atoms with Crippen molar-refractivity contribution in [2.75, 3.05) is 20.0 Å². The summed E-state index contributed by atoms with van der Waals surface area (Å²) in [6.45, 7) is 2.06. The Kier molecular flexibility index (Phi) is 4.06. The number of nitrogen functional groups attached to an aromatic ring is 1. The molecule has 4 heteroatoms. The van der Waals surface area contributed by atoms with Crippen LogP contribution in [-0.4, -0.2) is 19.2 Å². The fourth-order valence-corrected chi connectivity index (χ4v) is 3.00. The van der Waals surface area contributed by atoms with Gasteiger partial charge in [-0.3, -0.25) is 0 Å². The van der Waals surface area contributed by atoms with Gasteiger partial charge in [0.15, 0.2) is 0 Å². The van der Waals surface area contributed by atoms with E-state index in [9.17, 15) is 0 Å². The number of anilines is 1. The van der Waals surface area contributed by atoms with E-state index in [1.807, 2.05) is 24.3 Å². The molecular weight excluding hydrogens is 288 g/mol. The predicted molar refractivity (Wildman–Crippen MR) is 93.2 cm³/mol. The fourth-order valence-electron chi connectivity index (χ4n) is 3.00. The second-order valence-electron chi connectivity index (χ2n) is 5.48. The summed E-state index contributed by atoms with van der Waals surface area (Å²) >= 11 is 0. The molecule has 0 atom stereocenters. The second kappa shape index (κ2) is 6.16. The van der Waals surface area contributed by atoms with E-state index in [0.717, 1.165) is 39.0 Å². The zero-order chi connectivity index (χ0) is 16.4. The maximum atomic E-state index is 5.73. The molecule has 4 nitrogen and oxygen atoms in total. The molecule has 1 aromatic heterocycles. The van der Waals surface area contributed by atoms with E-state index in [0.29, 0.717) is 12.2 Å². The zero-order valence-corrected chi connectivity index (χ0v) is 13.6. The Morgan fingerprint density at radius 2 is 1.61 bits per heavy atom. The molecule has 3 rings (SSSR count). The van der Waals surface area contributed by atoms with Crippen molar-refractivity contribution in [3.8, 4) is 11.5 Å². The maximum Gasteiger partial charge on any atom is 0.130 e. The largest absolute Gasteiger partial charge is 0.496 e. The van der Waals surface area contributed by atoms with Gasteiger partial charge in [0, 0.05) is 29.0 Å². The van der Waals surface area contributed by atoms with Gasteiger partial charge in [-0.05, 0) is 24.1 Å². The summed E-state index contributed by atoms with van der Waals surface area (Å²) in [5.74, 6) is 2.30. The molecule has 0 saturated carbocycles. The molecule has 0 saturated heterocycles. The first-order chi connectivity index (χ1) is 11.2. The Morgan fingerprint density at radius 1 is 0.957 bits per heavy atom. The van der Waals surface area contributed by atoms with Crippen molar-refractivity contribution < 1.29 is 9.47 Å². The van der Waals surface area contributed by atoms with Gasteiger partial charge in [-0.2, -0.15) is 0 Å². The lowest BCUT2D eigenvalue weighted by atomic mass is 9.94. The topological polar surface area (TPSA) is 57.4 Å². The molecule has 2 aromatic carbocycles. The van der Waals surface area contributed by atoms with Crippen molar-refractivity contribution in [3.63, 3.8) is 0 Å². The molecule has 2 N–H and O–H groups in total. The minimum absolute atomic E-state index is 0.522. The number of aromatic nitrogens is 1. The summed E-state index contributed by atoms with van der Waals surface area (Å²) < 4.78 is 11.4. The van der Waals surface area contributed by atoms with Crippen LogP contribution in [0.1, 0.15) is 16.7 Å². The molecule has 118 valence electrons. The summed E-state index contributed by atoms with van der Waals surface area (Å²) in [6.07, 6.45) is 2.51. The average Bonchev–Trinajstić information content (AvgIpc) is 2.57. The van der Waals surface area contributed by atoms with Crippen LogP contribution in [-0.2, 0) is 6.42 Å². The van der Waals surface area contributed by atoms with Crippen LogP contribution in [0.4, 0.5) is 5.82 Å². The van der Waals surface area contributed by atoms with Crippen molar-refractivity contribution >= 4 is 16.6 Å². The number of pyridine rings is 1. The zero-order valence-electron chi connectivity index (χ0n) is 13.6. The molecule has 23 heavy (non-hydrogen) atoms. The Balaban J connectivity index is 2.22. The summed E-state index contributed by atoms with van der Waals surface area (Å²) in [6, 6.07) is 11.9. The summed E-state index contributed by atoms with van der Waals surface area (Å²) in [4.78, 5) is 4.17. The molecule has 0 amide bonds. The number of benzene rings is 2. The molecule has 0 spiro atoms. The number of nitrogens with two attached hydrogens (primary N) is 1. The Morgan fingerprint density at radius 3 is 2.17 bits per heavy atom. The van der Waals surface area contributed by atoms with Crippen LogP contribution in [0.15, 0.2) is 42.6 Å². The third-order valence-electron chi connectivity index (χ3n) is 4.12. The number of rotatable bonds is 4. The van der Waals surface area contributed by atoms with Gasteiger partial charge in [-0.15, -0.1) is 0 Å². The van der Waals surface area contributed by atoms with E-state index in [1.54, 1.807) is 20.4 Å². The minimum Gasteiger partial charge on any atom is -0.496 e. The lowest BCUT2D eigenvalue weighted by molar-refractivity contribution is 0.404. The normalized spacial score (nSPS) is 10.7. The van der Waals surface area contributed by atoms with Gasteiger partial charge >= 0.3 is 0 Å². The maximum absolute atomic E-state index is 5.73. The minimum atomic E-state index is 0.522. The first-order valence-corrected chi connectivity index (χ1v) is 7.48. The number of methoxy groups -OCH3 is 2. The van der Waals surface area contributed by atoms with Crippen LogP contribution in [0.3, 0.4) is 0 Å². The highest BCUT2D eigenvalue weighted by Crippen LogP contribution is 2.41. The van der Waals surface area contributed by atoms with Gasteiger partial charge in [0.25, 0.3) is 0 Å². The van der Waals surface area contributed by atoms with Gasteiger partial charge in [0.1, 0.15) is 17.3 Å². The fraction of sp³-hybridized carbons (Fsp3) is 0.211. The molecular formula is C19H20N2O2. The van der Waals surface area contributed by atoms with Crippen LogP contribution in [0, 0.1) is 6.92 Å². The van der Waals surface area contributed by atoms with Crippen LogP contribution in [0.25, 0.3) is 10.8 Å². The number of ether oxygens (including phenoxy) is 2. The smallest absolute Gasteiger partial charge is 0.130 e. The molecule has 0 fully saturated rings. The van der Waals surface area contributed by atoms with E-state index >= 15 is 0 Å².